The van der Waals surface area contributed by atoms with Gasteiger partial charge in [-0.2, -0.15) is 5.10 Å². The lowest BCUT2D eigenvalue weighted by Gasteiger charge is -2.40. The summed E-state index contributed by atoms with van der Waals surface area (Å²) in [5.41, 5.74) is -0.0125. The first-order chi connectivity index (χ1) is 11.3. The molecule has 2 aliphatic carbocycles. The Labute approximate surface area is 143 Å². The van der Waals surface area contributed by atoms with Crippen molar-refractivity contribution in [3.63, 3.8) is 0 Å². The molecule has 1 aliphatic heterocycles. The molecule has 130 valence electrons. The average molecular weight is 354 g/mol. The highest BCUT2D eigenvalue weighted by molar-refractivity contribution is 8.02. The fourth-order valence-corrected chi connectivity index (χ4v) is 6.26. The molecule has 2 bridgehead atoms. The lowest BCUT2D eigenvalue weighted by molar-refractivity contribution is -0.0778. The zero-order chi connectivity index (χ0) is 17.3. The number of nitrogens with zero attached hydrogens (tertiary/aromatic N) is 2. The second-order valence-electron chi connectivity index (χ2n) is 7.50. The zero-order valence-corrected chi connectivity index (χ0v) is 14.7. The molecular formula is C17H20F2N2O2S. The number of aromatic nitrogens is 2. The molecule has 2 heterocycles. The van der Waals surface area contributed by atoms with Gasteiger partial charge >= 0.3 is 5.97 Å². The van der Waals surface area contributed by atoms with E-state index in [1.54, 1.807) is 11.8 Å². The van der Waals surface area contributed by atoms with Crippen molar-refractivity contribution in [3.8, 4) is 0 Å². The smallest absolute Gasteiger partial charge is 0.342 e. The van der Waals surface area contributed by atoms with Gasteiger partial charge in [0.15, 0.2) is 0 Å². The fraction of sp³-hybridized carbons (Fsp3) is 0.647. The van der Waals surface area contributed by atoms with Gasteiger partial charge in [-0.15, -0.1) is 11.8 Å². The van der Waals surface area contributed by atoms with Crippen LogP contribution in [0.5, 0.6) is 0 Å². The van der Waals surface area contributed by atoms with E-state index < -0.39 is 23.7 Å². The average Bonchev–Trinajstić information content (AvgIpc) is 3.20. The number of alkyl halides is 2. The topological polar surface area (TPSA) is 44.1 Å². The number of esters is 1. The Morgan fingerprint density at radius 3 is 2.92 bits per heavy atom. The Bertz CT molecular complexity index is 743. The number of hydrogen-bond donors (Lipinski definition) is 0. The summed E-state index contributed by atoms with van der Waals surface area (Å²) in [6.07, 6.45) is 0.313. The highest BCUT2D eigenvalue weighted by Gasteiger charge is 2.69. The van der Waals surface area contributed by atoms with Crippen LogP contribution < -0.4 is 0 Å². The molecule has 0 aromatic carbocycles. The number of ether oxygens (including phenoxy) is 1. The van der Waals surface area contributed by atoms with Gasteiger partial charge in [-0.25, -0.2) is 13.6 Å². The zero-order valence-electron chi connectivity index (χ0n) is 13.9. The van der Waals surface area contributed by atoms with Crippen LogP contribution in [0.15, 0.2) is 17.2 Å². The van der Waals surface area contributed by atoms with Crippen molar-refractivity contribution in [2.45, 2.75) is 38.7 Å². The summed E-state index contributed by atoms with van der Waals surface area (Å²) < 4.78 is 33.6. The van der Waals surface area contributed by atoms with Crippen LogP contribution in [0.4, 0.5) is 8.78 Å². The molecule has 24 heavy (non-hydrogen) atoms. The second-order valence-corrected chi connectivity index (χ2v) is 8.40. The van der Waals surface area contributed by atoms with Crippen LogP contribution in [0.3, 0.4) is 0 Å². The van der Waals surface area contributed by atoms with E-state index >= 15 is 0 Å². The second kappa shape index (κ2) is 5.07. The van der Waals surface area contributed by atoms with Gasteiger partial charge in [-0.05, 0) is 24.2 Å². The summed E-state index contributed by atoms with van der Waals surface area (Å²) in [6.45, 7) is 4.28. The molecule has 0 N–H and O–H groups in total. The normalized spacial score (nSPS) is 33.0. The number of hydrogen-bond acceptors (Lipinski definition) is 4. The van der Waals surface area contributed by atoms with Crippen LogP contribution in [-0.4, -0.2) is 27.1 Å². The van der Waals surface area contributed by atoms with E-state index in [0.717, 1.165) is 18.6 Å². The van der Waals surface area contributed by atoms with E-state index in [9.17, 15) is 13.6 Å². The van der Waals surface area contributed by atoms with Crippen molar-refractivity contribution in [1.82, 2.24) is 9.78 Å². The molecule has 2 saturated carbocycles. The van der Waals surface area contributed by atoms with Crippen molar-refractivity contribution in [2.75, 3.05) is 5.75 Å². The van der Waals surface area contributed by atoms with Gasteiger partial charge in [-0.1, -0.05) is 19.4 Å². The first kappa shape index (κ1) is 16.1. The number of thioether (sulfide) groups is 1. The van der Waals surface area contributed by atoms with Gasteiger partial charge in [0.05, 0.1) is 0 Å². The van der Waals surface area contributed by atoms with Gasteiger partial charge in [0.25, 0.3) is 6.43 Å². The van der Waals surface area contributed by atoms with Crippen LogP contribution in [-0.2, 0) is 11.8 Å². The van der Waals surface area contributed by atoms with Gasteiger partial charge in [-0.3, -0.25) is 4.68 Å². The SMILES string of the molecule is Cn1cc(C(=O)OC23CCC(C4=CSC[C@H]42)C3(C)C)c(C(F)F)n1. The van der Waals surface area contributed by atoms with Crippen molar-refractivity contribution >= 4 is 17.7 Å². The minimum absolute atomic E-state index is 0.121. The van der Waals surface area contributed by atoms with Crippen LogP contribution in [0.1, 0.15) is 49.2 Å². The van der Waals surface area contributed by atoms with E-state index in [1.165, 1.54) is 23.5 Å². The predicted octanol–water partition coefficient (Wildman–Crippen LogP) is 3.95. The molecule has 3 atom stereocenters. The van der Waals surface area contributed by atoms with Crippen molar-refractivity contribution in [2.24, 2.45) is 24.3 Å². The Morgan fingerprint density at radius 1 is 1.46 bits per heavy atom. The lowest BCUT2D eigenvalue weighted by Crippen LogP contribution is -2.47. The third kappa shape index (κ3) is 1.90. The monoisotopic (exact) mass is 354 g/mol. The molecule has 0 spiro atoms. The third-order valence-corrected chi connectivity index (χ3v) is 7.14. The van der Waals surface area contributed by atoms with Crippen LogP contribution >= 0.6 is 11.8 Å². The molecule has 0 amide bonds. The first-order valence-electron chi connectivity index (χ1n) is 8.14. The molecule has 0 radical (unpaired) electrons. The maximum Gasteiger partial charge on any atom is 0.342 e. The molecule has 0 saturated heterocycles. The summed E-state index contributed by atoms with van der Waals surface area (Å²) in [5.74, 6) is 0.836. The lowest BCUT2D eigenvalue weighted by atomic mass is 9.75. The van der Waals surface area contributed by atoms with Crippen molar-refractivity contribution in [3.05, 3.63) is 28.4 Å². The minimum Gasteiger partial charge on any atom is -0.454 e. The molecular weight excluding hydrogens is 334 g/mol. The standard InChI is InChI=1S/C17H20F2N2O2S/c1-16(2)11-4-5-17(16,12-8-24-7-10(11)12)23-15(22)9-6-21(3)20-13(9)14(18)19/h6-7,11-12,14H,4-5,8H2,1-3H3/t11?,12-,17?/m1/s1. The largest absolute Gasteiger partial charge is 0.454 e. The molecule has 4 rings (SSSR count). The van der Waals surface area contributed by atoms with E-state index in [-0.39, 0.29) is 16.9 Å². The Balaban J connectivity index is 1.70. The number of fused-ring (bicyclic) bond motifs is 5. The maximum atomic E-state index is 13.2. The Morgan fingerprint density at radius 2 is 2.21 bits per heavy atom. The third-order valence-electron chi connectivity index (χ3n) is 6.17. The number of aryl methyl sites for hydroxylation is 1. The first-order valence-corrected chi connectivity index (χ1v) is 9.19. The van der Waals surface area contributed by atoms with Gasteiger partial charge in [0.2, 0.25) is 0 Å². The number of carbonyl (C=O) groups is 1. The van der Waals surface area contributed by atoms with Crippen LogP contribution in [0, 0.1) is 17.3 Å². The highest BCUT2D eigenvalue weighted by Crippen LogP contribution is 2.69. The minimum atomic E-state index is -2.79. The predicted molar refractivity (Wildman–Crippen MR) is 86.8 cm³/mol. The quantitative estimate of drug-likeness (QED) is 0.771. The van der Waals surface area contributed by atoms with E-state index in [1.807, 2.05) is 0 Å². The molecule has 4 nitrogen and oxygen atoms in total. The number of halogens is 2. The summed E-state index contributed by atoms with van der Waals surface area (Å²) in [5, 5.41) is 5.93. The van der Waals surface area contributed by atoms with Crippen molar-refractivity contribution in [1.29, 1.82) is 0 Å². The van der Waals surface area contributed by atoms with E-state index in [2.05, 4.69) is 24.4 Å². The molecule has 7 heteroatoms. The fourth-order valence-electron chi connectivity index (χ4n) is 4.99. The van der Waals surface area contributed by atoms with Gasteiger partial charge < -0.3 is 4.74 Å². The van der Waals surface area contributed by atoms with Crippen molar-refractivity contribution < 1.29 is 18.3 Å². The van der Waals surface area contributed by atoms with E-state index in [4.69, 9.17) is 4.74 Å². The molecule has 2 fully saturated rings. The van der Waals surface area contributed by atoms with E-state index in [0.29, 0.717) is 5.92 Å². The molecule has 1 aromatic heterocycles. The van der Waals surface area contributed by atoms with Crippen LogP contribution in [0.2, 0.25) is 0 Å². The highest BCUT2D eigenvalue weighted by atomic mass is 32.2. The Kier molecular flexibility index (Phi) is 3.40. The molecule has 2 unspecified atom stereocenters. The molecule has 1 aromatic rings. The molecule has 3 aliphatic rings. The van der Waals surface area contributed by atoms with Gasteiger partial charge in [0.1, 0.15) is 16.9 Å². The van der Waals surface area contributed by atoms with Gasteiger partial charge in [0, 0.05) is 30.3 Å². The summed E-state index contributed by atoms with van der Waals surface area (Å²) in [4.78, 5) is 12.8. The summed E-state index contributed by atoms with van der Waals surface area (Å²) in [7, 11) is 1.53. The van der Waals surface area contributed by atoms with Crippen LogP contribution in [0.25, 0.3) is 0 Å². The number of carbonyl (C=O) groups excluding carboxylic acids is 1. The maximum absolute atomic E-state index is 13.2. The summed E-state index contributed by atoms with van der Waals surface area (Å²) in [6, 6.07) is 0. The Hall–Kier alpha value is -1.37. The number of rotatable bonds is 3. The summed E-state index contributed by atoms with van der Waals surface area (Å²) >= 11 is 1.76.